The molecule has 1 aromatic heterocycles. The van der Waals surface area contributed by atoms with Crippen molar-refractivity contribution in [3.05, 3.63) is 47.7 Å². The van der Waals surface area contributed by atoms with Crippen LogP contribution >= 0.6 is 0 Å². The van der Waals surface area contributed by atoms with Gasteiger partial charge in [0.2, 0.25) is 5.88 Å². The summed E-state index contributed by atoms with van der Waals surface area (Å²) in [6, 6.07) is 6.31. The molecular weight excluding hydrogens is 501 g/mol. The number of rotatable bonds is 10. The normalized spacial score (nSPS) is 21.2. The Morgan fingerprint density at radius 1 is 1.00 bits per heavy atom. The number of carbonyl (C=O) groups is 1. The SMILES string of the molecule is COc1ccc(C(F)(F)C(F)(F)F)c(OC2CCC(Oc3cc(C(CC(=O)O)C4CC4)ccn3)CC2)c1. The Hall–Kier alpha value is -3.11. The second-order valence-corrected chi connectivity index (χ2v) is 9.54. The lowest BCUT2D eigenvalue weighted by atomic mass is 9.91. The summed E-state index contributed by atoms with van der Waals surface area (Å²) in [4.78, 5) is 15.5. The molecule has 6 nitrogen and oxygen atoms in total. The predicted octanol–water partition coefficient (Wildman–Crippen LogP) is 6.48. The number of carboxylic acid groups (broad SMARTS) is 1. The van der Waals surface area contributed by atoms with Gasteiger partial charge in [0.15, 0.2) is 0 Å². The molecule has 2 aromatic rings. The van der Waals surface area contributed by atoms with E-state index in [0.717, 1.165) is 30.5 Å². The number of benzene rings is 1. The molecule has 0 radical (unpaired) electrons. The molecule has 0 bridgehead atoms. The fraction of sp³-hybridized carbons (Fsp3) is 0.538. The zero-order valence-electron chi connectivity index (χ0n) is 20.1. The molecule has 1 unspecified atom stereocenters. The molecule has 0 spiro atoms. The standard InChI is InChI=1S/C26H28F5NO5/c1-35-19-8-9-21(25(27,28)26(29,30)31)22(13-19)36-17-4-6-18(7-5-17)37-23-12-16(10-11-32-23)20(14-24(33)34)15-2-3-15/h8-13,15,17-18,20H,2-7,14H2,1H3,(H,33,34). The van der Waals surface area contributed by atoms with Gasteiger partial charge in [-0.1, -0.05) is 0 Å². The van der Waals surface area contributed by atoms with Gasteiger partial charge in [-0.25, -0.2) is 4.98 Å². The van der Waals surface area contributed by atoms with Crippen LogP contribution < -0.4 is 14.2 Å². The van der Waals surface area contributed by atoms with E-state index in [1.165, 1.54) is 7.11 Å². The van der Waals surface area contributed by atoms with E-state index in [9.17, 15) is 31.9 Å². The van der Waals surface area contributed by atoms with Gasteiger partial charge in [0, 0.05) is 18.3 Å². The Labute approximate surface area is 210 Å². The number of aromatic nitrogens is 1. The third-order valence-electron chi connectivity index (χ3n) is 6.86. The van der Waals surface area contributed by atoms with Crippen molar-refractivity contribution in [2.24, 2.45) is 5.92 Å². The highest BCUT2D eigenvalue weighted by Gasteiger charge is 2.60. The fourth-order valence-corrected chi connectivity index (χ4v) is 4.72. The molecule has 1 aromatic carbocycles. The van der Waals surface area contributed by atoms with Crippen molar-refractivity contribution < 1.29 is 46.1 Å². The van der Waals surface area contributed by atoms with Gasteiger partial charge >= 0.3 is 18.1 Å². The van der Waals surface area contributed by atoms with E-state index in [2.05, 4.69) is 4.98 Å². The van der Waals surface area contributed by atoms with E-state index < -0.39 is 35.5 Å². The first-order chi connectivity index (χ1) is 17.5. The quantitative estimate of drug-likeness (QED) is 0.355. The summed E-state index contributed by atoms with van der Waals surface area (Å²) in [5, 5.41) is 9.25. The number of hydrogen-bond donors (Lipinski definition) is 1. The van der Waals surface area contributed by atoms with Crippen LogP contribution in [0.2, 0.25) is 0 Å². The van der Waals surface area contributed by atoms with Crippen molar-refractivity contribution in [3.8, 4) is 17.4 Å². The molecule has 2 aliphatic carbocycles. The van der Waals surface area contributed by atoms with E-state index in [1.54, 1.807) is 18.3 Å². The topological polar surface area (TPSA) is 77.9 Å². The number of pyridine rings is 1. The Balaban J connectivity index is 1.39. The number of methoxy groups -OCH3 is 1. The van der Waals surface area contributed by atoms with Crippen molar-refractivity contribution >= 4 is 5.97 Å². The number of halogens is 5. The lowest BCUT2D eigenvalue weighted by molar-refractivity contribution is -0.289. The van der Waals surface area contributed by atoms with Crippen molar-refractivity contribution in [1.82, 2.24) is 4.98 Å². The Morgan fingerprint density at radius 2 is 1.65 bits per heavy atom. The maximum atomic E-state index is 14.1. The van der Waals surface area contributed by atoms with Crippen LogP contribution in [0.15, 0.2) is 36.5 Å². The first-order valence-corrected chi connectivity index (χ1v) is 12.1. The van der Waals surface area contributed by atoms with Gasteiger partial charge in [0.05, 0.1) is 25.2 Å². The average Bonchev–Trinajstić information content (AvgIpc) is 3.68. The largest absolute Gasteiger partial charge is 0.497 e. The molecule has 4 rings (SSSR count). The zero-order valence-corrected chi connectivity index (χ0v) is 20.1. The Kier molecular flexibility index (Phi) is 7.80. The first kappa shape index (κ1) is 26.9. The minimum atomic E-state index is -5.77. The summed E-state index contributed by atoms with van der Waals surface area (Å²) >= 11 is 0. The van der Waals surface area contributed by atoms with E-state index >= 15 is 0 Å². The Bertz CT molecular complexity index is 1100. The summed E-state index contributed by atoms with van der Waals surface area (Å²) < 4.78 is 83.9. The van der Waals surface area contributed by atoms with Crippen LogP contribution in [0.3, 0.4) is 0 Å². The monoisotopic (exact) mass is 529 g/mol. The number of hydrogen-bond acceptors (Lipinski definition) is 5. The number of ether oxygens (including phenoxy) is 3. The van der Waals surface area contributed by atoms with Gasteiger partial charge in [-0.3, -0.25) is 4.79 Å². The summed E-state index contributed by atoms with van der Waals surface area (Å²) in [7, 11) is 1.28. The molecule has 1 N–H and O–H groups in total. The fourth-order valence-electron chi connectivity index (χ4n) is 4.72. The van der Waals surface area contributed by atoms with Crippen molar-refractivity contribution in [1.29, 1.82) is 0 Å². The summed E-state index contributed by atoms with van der Waals surface area (Å²) in [6.45, 7) is 0. The molecule has 202 valence electrons. The van der Waals surface area contributed by atoms with E-state index in [1.807, 2.05) is 0 Å². The van der Waals surface area contributed by atoms with Crippen LogP contribution in [0.4, 0.5) is 22.0 Å². The van der Waals surface area contributed by atoms with Crippen LogP contribution in [-0.4, -0.2) is 41.6 Å². The zero-order chi connectivity index (χ0) is 26.8. The molecular formula is C26H28F5NO5. The predicted molar refractivity (Wildman–Crippen MR) is 122 cm³/mol. The maximum absolute atomic E-state index is 14.1. The van der Waals surface area contributed by atoms with Crippen LogP contribution in [0, 0.1) is 5.92 Å². The van der Waals surface area contributed by atoms with Crippen LogP contribution in [0.25, 0.3) is 0 Å². The summed E-state index contributed by atoms with van der Waals surface area (Å²) in [5.74, 6) is -5.79. The molecule has 2 saturated carbocycles. The minimum absolute atomic E-state index is 0.0379. The number of alkyl halides is 5. The van der Waals surface area contributed by atoms with Crippen LogP contribution in [0.1, 0.15) is 62.0 Å². The molecule has 0 saturated heterocycles. The molecule has 1 heterocycles. The lowest BCUT2D eigenvalue weighted by Crippen LogP contribution is -2.35. The molecule has 0 amide bonds. The molecule has 2 fully saturated rings. The van der Waals surface area contributed by atoms with Gasteiger partial charge in [0.25, 0.3) is 0 Å². The molecule has 37 heavy (non-hydrogen) atoms. The van der Waals surface area contributed by atoms with E-state index in [-0.39, 0.29) is 24.2 Å². The van der Waals surface area contributed by atoms with Gasteiger partial charge in [0.1, 0.15) is 17.6 Å². The third-order valence-corrected chi connectivity index (χ3v) is 6.86. The molecule has 0 aliphatic heterocycles. The molecule has 11 heteroatoms. The highest BCUT2D eigenvalue weighted by Crippen LogP contribution is 2.48. The van der Waals surface area contributed by atoms with Gasteiger partial charge in [-0.05, 0) is 74.1 Å². The molecule has 1 atom stereocenters. The van der Waals surface area contributed by atoms with E-state index in [4.69, 9.17) is 14.2 Å². The van der Waals surface area contributed by atoms with Crippen LogP contribution in [0.5, 0.6) is 17.4 Å². The van der Waals surface area contributed by atoms with Crippen molar-refractivity contribution in [2.45, 2.75) is 75.2 Å². The third kappa shape index (κ3) is 6.42. The Morgan fingerprint density at radius 3 is 2.22 bits per heavy atom. The van der Waals surface area contributed by atoms with Gasteiger partial charge in [-0.15, -0.1) is 0 Å². The van der Waals surface area contributed by atoms with Crippen molar-refractivity contribution in [2.75, 3.05) is 7.11 Å². The highest BCUT2D eigenvalue weighted by molar-refractivity contribution is 5.68. The highest BCUT2D eigenvalue weighted by atomic mass is 19.4. The number of aliphatic carboxylic acids is 1. The second kappa shape index (κ2) is 10.7. The minimum Gasteiger partial charge on any atom is -0.497 e. The van der Waals surface area contributed by atoms with Crippen LogP contribution in [-0.2, 0) is 10.7 Å². The summed E-state index contributed by atoms with van der Waals surface area (Å²) in [6.07, 6.45) is -1.28. The van der Waals surface area contributed by atoms with E-state index in [0.29, 0.717) is 43.5 Å². The molecule has 2 aliphatic rings. The maximum Gasteiger partial charge on any atom is 0.458 e. The average molecular weight is 530 g/mol. The second-order valence-electron chi connectivity index (χ2n) is 9.54. The number of nitrogens with zero attached hydrogens (tertiary/aromatic N) is 1. The van der Waals surface area contributed by atoms with Crippen molar-refractivity contribution in [3.63, 3.8) is 0 Å². The smallest absolute Gasteiger partial charge is 0.458 e. The van der Waals surface area contributed by atoms with Gasteiger partial charge in [-0.2, -0.15) is 22.0 Å². The first-order valence-electron chi connectivity index (χ1n) is 12.1. The van der Waals surface area contributed by atoms with Gasteiger partial charge < -0.3 is 19.3 Å². The lowest BCUT2D eigenvalue weighted by Gasteiger charge is -2.31. The summed E-state index contributed by atoms with van der Waals surface area (Å²) in [5.41, 5.74) is -0.394. The number of carboxylic acids is 1.